The molecule has 0 bridgehead atoms. The van der Waals surface area contributed by atoms with Gasteiger partial charge in [-0.3, -0.25) is 11.3 Å². The molecule has 0 aromatic heterocycles. The molecule has 0 saturated heterocycles. The Kier molecular flexibility index (Phi) is 7.54. The van der Waals surface area contributed by atoms with E-state index in [9.17, 15) is 4.79 Å². The Balaban J connectivity index is 0.00000225. The standard InChI is InChI=1S/C11H16N2O2.ClH/c1-2-15-11(14)10-5-3-9(4-6-10)7-8-13-12;/h3-6,13H,2,7-8,12H2,1H3;1H. The molecule has 0 atom stereocenters. The number of esters is 1. The lowest BCUT2D eigenvalue weighted by atomic mass is 10.1. The van der Waals surface area contributed by atoms with Gasteiger partial charge in [-0.1, -0.05) is 12.1 Å². The van der Waals surface area contributed by atoms with Crippen LogP contribution in [0.1, 0.15) is 22.8 Å². The molecule has 0 spiro atoms. The lowest BCUT2D eigenvalue weighted by Crippen LogP contribution is -2.24. The van der Waals surface area contributed by atoms with Crippen molar-refractivity contribution in [1.82, 2.24) is 5.43 Å². The summed E-state index contributed by atoms with van der Waals surface area (Å²) in [6.45, 7) is 2.91. The van der Waals surface area contributed by atoms with Gasteiger partial charge in [-0.05, 0) is 31.0 Å². The van der Waals surface area contributed by atoms with Crippen LogP contribution in [-0.4, -0.2) is 19.1 Å². The molecule has 5 heteroatoms. The van der Waals surface area contributed by atoms with Crippen LogP contribution in [0.4, 0.5) is 0 Å². The van der Waals surface area contributed by atoms with Crippen molar-refractivity contribution in [2.24, 2.45) is 5.84 Å². The van der Waals surface area contributed by atoms with Gasteiger partial charge in [0, 0.05) is 6.54 Å². The van der Waals surface area contributed by atoms with Crippen molar-refractivity contribution in [3.05, 3.63) is 35.4 Å². The van der Waals surface area contributed by atoms with E-state index in [1.165, 1.54) is 0 Å². The second-order valence-corrected chi connectivity index (χ2v) is 3.12. The van der Waals surface area contributed by atoms with Gasteiger partial charge in [-0.25, -0.2) is 4.79 Å². The predicted octanol–water partition coefficient (Wildman–Crippen LogP) is 1.29. The van der Waals surface area contributed by atoms with E-state index in [-0.39, 0.29) is 18.4 Å². The molecule has 0 heterocycles. The average Bonchev–Trinajstić information content (AvgIpc) is 2.27. The smallest absolute Gasteiger partial charge is 0.338 e. The summed E-state index contributed by atoms with van der Waals surface area (Å²) in [5.41, 5.74) is 4.31. The molecule has 4 nitrogen and oxygen atoms in total. The summed E-state index contributed by atoms with van der Waals surface area (Å²) < 4.78 is 4.88. The molecule has 1 aromatic carbocycles. The summed E-state index contributed by atoms with van der Waals surface area (Å²) >= 11 is 0. The summed E-state index contributed by atoms with van der Waals surface area (Å²) in [6, 6.07) is 7.35. The van der Waals surface area contributed by atoms with Gasteiger partial charge in [0.25, 0.3) is 0 Å². The zero-order chi connectivity index (χ0) is 11.1. The molecule has 0 amide bonds. The maximum atomic E-state index is 11.3. The Morgan fingerprint density at radius 2 is 2.00 bits per heavy atom. The maximum Gasteiger partial charge on any atom is 0.338 e. The number of hydrazine groups is 1. The minimum Gasteiger partial charge on any atom is -0.462 e. The van der Waals surface area contributed by atoms with Crippen molar-refractivity contribution in [2.45, 2.75) is 13.3 Å². The third-order valence-electron chi connectivity index (χ3n) is 2.02. The van der Waals surface area contributed by atoms with Crippen LogP contribution in [0.2, 0.25) is 0 Å². The van der Waals surface area contributed by atoms with E-state index in [0.29, 0.717) is 12.2 Å². The van der Waals surface area contributed by atoms with Crippen molar-refractivity contribution in [1.29, 1.82) is 0 Å². The molecule has 0 unspecified atom stereocenters. The minimum atomic E-state index is -0.277. The van der Waals surface area contributed by atoms with E-state index in [0.717, 1.165) is 18.5 Å². The van der Waals surface area contributed by atoms with E-state index in [4.69, 9.17) is 10.6 Å². The molecular weight excluding hydrogens is 228 g/mol. The predicted molar refractivity (Wildman–Crippen MR) is 65.5 cm³/mol. The molecule has 0 aliphatic rings. The molecule has 1 aromatic rings. The van der Waals surface area contributed by atoms with Gasteiger partial charge in [0.2, 0.25) is 0 Å². The Labute approximate surface area is 102 Å². The molecule has 90 valence electrons. The van der Waals surface area contributed by atoms with Crippen LogP contribution in [0.15, 0.2) is 24.3 Å². The van der Waals surface area contributed by atoms with Gasteiger partial charge in [0.15, 0.2) is 0 Å². The van der Waals surface area contributed by atoms with E-state index in [1.54, 1.807) is 19.1 Å². The number of carbonyl (C=O) groups is 1. The fourth-order valence-corrected chi connectivity index (χ4v) is 1.24. The van der Waals surface area contributed by atoms with Crippen molar-refractivity contribution < 1.29 is 9.53 Å². The van der Waals surface area contributed by atoms with Gasteiger partial charge in [0.1, 0.15) is 0 Å². The number of hydrogen-bond donors (Lipinski definition) is 2. The van der Waals surface area contributed by atoms with E-state index < -0.39 is 0 Å². The number of nitrogens with one attached hydrogen (secondary N) is 1. The summed E-state index contributed by atoms with van der Waals surface area (Å²) in [7, 11) is 0. The molecule has 0 fully saturated rings. The molecule has 0 radical (unpaired) electrons. The van der Waals surface area contributed by atoms with Gasteiger partial charge in [-0.2, -0.15) is 0 Å². The maximum absolute atomic E-state index is 11.3. The zero-order valence-electron chi connectivity index (χ0n) is 9.23. The third-order valence-corrected chi connectivity index (χ3v) is 2.02. The second-order valence-electron chi connectivity index (χ2n) is 3.12. The van der Waals surface area contributed by atoms with E-state index in [2.05, 4.69) is 5.43 Å². The van der Waals surface area contributed by atoms with Gasteiger partial charge < -0.3 is 4.74 Å². The SMILES string of the molecule is CCOC(=O)c1ccc(CCNN)cc1.Cl. The van der Waals surface area contributed by atoms with Crippen molar-refractivity contribution in [3.63, 3.8) is 0 Å². The highest BCUT2D eigenvalue weighted by Gasteiger charge is 2.04. The number of nitrogens with two attached hydrogens (primary N) is 1. The Morgan fingerprint density at radius 3 is 2.50 bits per heavy atom. The number of benzene rings is 1. The lowest BCUT2D eigenvalue weighted by molar-refractivity contribution is 0.0526. The van der Waals surface area contributed by atoms with Crippen LogP contribution in [0.5, 0.6) is 0 Å². The van der Waals surface area contributed by atoms with Crippen molar-refractivity contribution in [2.75, 3.05) is 13.2 Å². The lowest BCUT2D eigenvalue weighted by Gasteiger charge is -2.03. The highest BCUT2D eigenvalue weighted by atomic mass is 35.5. The molecule has 0 aliphatic heterocycles. The fourth-order valence-electron chi connectivity index (χ4n) is 1.24. The first-order valence-corrected chi connectivity index (χ1v) is 4.97. The first kappa shape index (κ1) is 14.9. The molecular formula is C11H17ClN2O2. The van der Waals surface area contributed by atoms with Crippen LogP contribution >= 0.6 is 12.4 Å². The number of halogens is 1. The largest absolute Gasteiger partial charge is 0.462 e. The van der Waals surface area contributed by atoms with Crippen LogP contribution in [0.3, 0.4) is 0 Å². The third kappa shape index (κ3) is 4.61. The highest BCUT2D eigenvalue weighted by Crippen LogP contribution is 2.06. The van der Waals surface area contributed by atoms with Crippen LogP contribution in [0.25, 0.3) is 0 Å². The fraction of sp³-hybridized carbons (Fsp3) is 0.364. The molecule has 3 N–H and O–H groups in total. The number of ether oxygens (including phenoxy) is 1. The summed E-state index contributed by atoms with van der Waals surface area (Å²) in [5.74, 6) is 4.89. The number of carbonyl (C=O) groups excluding carboxylic acids is 1. The van der Waals surface area contributed by atoms with Gasteiger partial charge >= 0.3 is 5.97 Å². The topological polar surface area (TPSA) is 64.3 Å². The number of hydrogen-bond acceptors (Lipinski definition) is 4. The van der Waals surface area contributed by atoms with Crippen molar-refractivity contribution >= 4 is 18.4 Å². The molecule has 1 rings (SSSR count). The van der Waals surface area contributed by atoms with Gasteiger partial charge in [0.05, 0.1) is 12.2 Å². The Morgan fingerprint density at radius 1 is 1.38 bits per heavy atom. The average molecular weight is 245 g/mol. The van der Waals surface area contributed by atoms with Crippen LogP contribution < -0.4 is 11.3 Å². The monoisotopic (exact) mass is 244 g/mol. The van der Waals surface area contributed by atoms with E-state index >= 15 is 0 Å². The highest BCUT2D eigenvalue weighted by molar-refractivity contribution is 5.89. The summed E-state index contributed by atoms with van der Waals surface area (Å²) in [4.78, 5) is 11.3. The molecule has 0 saturated carbocycles. The van der Waals surface area contributed by atoms with Crippen LogP contribution in [0, 0.1) is 0 Å². The first-order valence-electron chi connectivity index (χ1n) is 4.97. The molecule has 16 heavy (non-hydrogen) atoms. The van der Waals surface area contributed by atoms with Crippen molar-refractivity contribution in [3.8, 4) is 0 Å². The second kappa shape index (κ2) is 8.10. The van der Waals surface area contributed by atoms with Gasteiger partial charge in [-0.15, -0.1) is 12.4 Å². The van der Waals surface area contributed by atoms with Crippen LogP contribution in [-0.2, 0) is 11.2 Å². The Hall–Kier alpha value is -1.10. The summed E-state index contributed by atoms with van der Waals surface area (Å²) in [6.07, 6.45) is 0.847. The summed E-state index contributed by atoms with van der Waals surface area (Å²) in [5, 5.41) is 0. The molecule has 0 aliphatic carbocycles. The Bertz CT molecular complexity index is 314. The normalized spacial score (nSPS) is 9.38. The number of rotatable bonds is 5. The zero-order valence-corrected chi connectivity index (χ0v) is 10.0. The first-order chi connectivity index (χ1) is 7.27. The van der Waals surface area contributed by atoms with E-state index in [1.807, 2.05) is 12.1 Å². The quantitative estimate of drug-likeness (QED) is 0.466. The minimum absolute atomic E-state index is 0.